The molecule has 0 aliphatic carbocycles. The third-order valence-corrected chi connectivity index (χ3v) is 3.27. The Morgan fingerprint density at radius 1 is 1.67 bits per heavy atom. The lowest BCUT2D eigenvalue weighted by molar-refractivity contribution is 0.217. The molecule has 1 aliphatic rings. The van der Waals surface area contributed by atoms with Crippen molar-refractivity contribution in [2.75, 3.05) is 38.2 Å². The molecule has 88 valence electrons. The molecule has 2 amide bonds. The standard InChI is InChI=1S/C9H19N3O2S/c1-8(7-15(2)14)10-3-5-12-6-4-11-9(12)13/h8,10H,3-7H2,1-2H3,(H,11,13). The van der Waals surface area contributed by atoms with Gasteiger partial charge in [-0.25, -0.2) is 4.79 Å². The van der Waals surface area contributed by atoms with E-state index in [-0.39, 0.29) is 12.1 Å². The molecule has 2 N–H and O–H groups in total. The summed E-state index contributed by atoms with van der Waals surface area (Å²) in [7, 11) is -0.763. The largest absolute Gasteiger partial charge is 0.336 e. The zero-order chi connectivity index (χ0) is 11.3. The van der Waals surface area contributed by atoms with Crippen molar-refractivity contribution in [3.05, 3.63) is 0 Å². The lowest BCUT2D eigenvalue weighted by atomic mass is 10.4. The highest BCUT2D eigenvalue weighted by atomic mass is 32.2. The Morgan fingerprint density at radius 3 is 2.93 bits per heavy atom. The average Bonchev–Trinajstić information content (AvgIpc) is 2.50. The average molecular weight is 233 g/mol. The molecule has 1 fully saturated rings. The quantitative estimate of drug-likeness (QED) is 0.642. The Bertz CT molecular complexity index is 248. The Hall–Kier alpha value is -0.620. The summed E-state index contributed by atoms with van der Waals surface area (Å²) in [4.78, 5) is 12.9. The Balaban J connectivity index is 2.10. The summed E-state index contributed by atoms with van der Waals surface area (Å²) in [5.74, 6) is 0.659. The molecule has 15 heavy (non-hydrogen) atoms. The van der Waals surface area contributed by atoms with Gasteiger partial charge in [0.2, 0.25) is 0 Å². The van der Waals surface area contributed by atoms with Crippen LogP contribution in [0.25, 0.3) is 0 Å². The summed E-state index contributed by atoms with van der Waals surface area (Å²) in [5, 5.41) is 6.00. The highest BCUT2D eigenvalue weighted by Gasteiger charge is 2.18. The zero-order valence-electron chi connectivity index (χ0n) is 9.28. The summed E-state index contributed by atoms with van der Waals surface area (Å²) < 4.78 is 10.9. The molecule has 0 aromatic heterocycles. The smallest absolute Gasteiger partial charge is 0.317 e. The lowest BCUT2D eigenvalue weighted by Gasteiger charge is -2.17. The monoisotopic (exact) mass is 233 g/mol. The Kier molecular flexibility index (Phi) is 5.04. The first-order valence-corrected chi connectivity index (χ1v) is 6.88. The fourth-order valence-electron chi connectivity index (χ4n) is 1.58. The number of amides is 2. The van der Waals surface area contributed by atoms with E-state index in [0.717, 1.165) is 19.6 Å². The number of carbonyl (C=O) groups is 1. The van der Waals surface area contributed by atoms with Crippen LogP contribution in [0.5, 0.6) is 0 Å². The van der Waals surface area contributed by atoms with Gasteiger partial charge < -0.3 is 15.5 Å². The summed E-state index contributed by atoms with van der Waals surface area (Å²) in [5.41, 5.74) is 0. The first-order valence-electron chi connectivity index (χ1n) is 5.16. The normalized spacial score (nSPS) is 20.1. The van der Waals surface area contributed by atoms with Crippen molar-refractivity contribution in [1.82, 2.24) is 15.5 Å². The van der Waals surface area contributed by atoms with E-state index < -0.39 is 10.8 Å². The topological polar surface area (TPSA) is 61.4 Å². The molecule has 1 heterocycles. The van der Waals surface area contributed by atoms with Crippen molar-refractivity contribution in [2.45, 2.75) is 13.0 Å². The minimum absolute atomic E-state index is 0.0171. The molecule has 1 saturated heterocycles. The van der Waals surface area contributed by atoms with E-state index in [1.807, 2.05) is 6.92 Å². The minimum atomic E-state index is -0.763. The fourth-order valence-corrected chi connectivity index (χ4v) is 2.40. The summed E-state index contributed by atoms with van der Waals surface area (Å²) in [6.45, 7) is 5.01. The molecule has 6 heteroatoms. The second-order valence-electron chi connectivity index (χ2n) is 3.81. The van der Waals surface area contributed by atoms with E-state index in [0.29, 0.717) is 12.3 Å². The molecule has 2 unspecified atom stereocenters. The first-order chi connectivity index (χ1) is 7.09. The molecule has 0 aromatic carbocycles. The van der Waals surface area contributed by atoms with Crippen molar-refractivity contribution in [2.24, 2.45) is 0 Å². The number of carbonyl (C=O) groups excluding carboxylic acids is 1. The maximum Gasteiger partial charge on any atom is 0.317 e. The number of nitrogens with zero attached hydrogens (tertiary/aromatic N) is 1. The number of hydrogen-bond donors (Lipinski definition) is 2. The molecular weight excluding hydrogens is 214 g/mol. The van der Waals surface area contributed by atoms with Gasteiger partial charge in [-0.15, -0.1) is 0 Å². The highest BCUT2D eigenvalue weighted by molar-refractivity contribution is 7.84. The minimum Gasteiger partial charge on any atom is -0.336 e. The van der Waals surface area contributed by atoms with Crippen LogP contribution < -0.4 is 10.6 Å². The molecule has 0 bridgehead atoms. The van der Waals surface area contributed by atoms with Crippen LogP contribution >= 0.6 is 0 Å². The van der Waals surface area contributed by atoms with E-state index in [4.69, 9.17) is 0 Å². The van der Waals surface area contributed by atoms with Gasteiger partial charge in [-0.1, -0.05) is 0 Å². The maximum absolute atomic E-state index is 11.2. The first kappa shape index (κ1) is 12.4. The van der Waals surface area contributed by atoms with Crippen molar-refractivity contribution in [1.29, 1.82) is 0 Å². The zero-order valence-corrected chi connectivity index (χ0v) is 10.1. The summed E-state index contributed by atoms with van der Waals surface area (Å²) in [6.07, 6.45) is 1.70. The molecular formula is C9H19N3O2S. The van der Waals surface area contributed by atoms with E-state index >= 15 is 0 Å². The highest BCUT2D eigenvalue weighted by Crippen LogP contribution is 1.95. The van der Waals surface area contributed by atoms with Crippen molar-refractivity contribution < 1.29 is 9.00 Å². The van der Waals surface area contributed by atoms with Gasteiger partial charge >= 0.3 is 6.03 Å². The molecule has 1 rings (SSSR count). The molecule has 5 nitrogen and oxygen atoms in total. The van der Waals surface area contributed by atoms with Gasteiger partial charge in [-0.3, -0.25) is 4.21 Å². The maximum atomic E-state index is 11.2. The van der Waals surface area contributed by atoms with Gasteiger partial charge in [-0.2, -0.15) is 0 Å². The van der Waals surface area contributed by atoms with E-state index in [9.17, 15) is 9.00 Å². The second-order valence-corrected chi connectivity index (χ2v) is 5.29. The van der Waals surface area contributed by atoms with Crippen LogP contribution in [0, 0.1) is 0 Å². The van der Waals surface area contributed by atoms with Crippen LogP contribution in [0.2, 0.25) is 0 Å². The van der Waals surface area contributed by atoms with Crippen LogP contribution in [-0.4, -0.2) is 59.4 Å². The van der Waals surface area contributed by atoms with E-state index in [1.165, 1.54) is 0 Å². The van der Waals surface area contributed by atoms with Crippen LogP contribution in [0.3, 0.4) is 0 Å². The Labute approximate surface area is 93.0 Å². The van der Waals surface area contributed by atoms with E-state index in [2.05, 4.69) is 10.6 Å². The van der Waals surface area contributed by atoms with E-state index in [1.54, 1.807) is 11.2 Å². The van der Waals surface area contributed by atoms with Crippen molar-refractivity contribution in [3.63, 3.8) is 0 Å². The second kappa shape index (κ2) is 6.07. The lowest BCUT2D eigenvalue weighted by Crippen LogP contribution is -2.39. The molecule has 0 radical (unpaired) electrons. The predicted octanol–water partition coefficient (Wildman–Crippen LogP) is -0.632. The van der Waals surface area contributed by atoms with Gasteiger partial charge in [-0.05, 0) is 6.92 Å². The number of rotatable bonds is 6. The SMILES string of the molecule is CC(CS(C)=O)NCCN1CCNC1=O. The molecule has 1 aliphatic heterocycles. The van der Waals surface area contributed by atoms with Crippen LogP contribution in [-0.2, 0) is 10.8 Å². The predicted molar refractivity (Wildman–Crippen MR) is 61.4 cm³/mol. The van der Waals surface area contributed by atoms with Gasteiger partial charge in [0.15, 0.2) is 0 Å². The van der Waals surface area contributed by atoms with Crippen LogP contribution in [0.4, 0.5) is 4.79 Å². The molecule has 0 spiro atoms. The molecule has 2 atom stereocenters. The van der Waals surface area contributed by atoms with Gasteiger partial charge in [0.05, 0.1) is 0 Å². The number of hydrogen-bond acceptors (Lipinski definition) is 3. The number of urea groups is 1. The van der Waals surface area contributed by atoms with Gasteiger partial charge in [0, 0.05) is 55.0 Å². The summed E-state index contributed by atoms with van der Waals surface area (Å²) >= 11 is 0. The van der Waals surface area contributed by atoms with Crippen LogP contribution in [0.15, 0.2) is 0 Å². The van der Waals surface area contributed by atoms with Crippen molar-refractivity contribution >= 4 is 16.8 Å². The fraction of sp³-hybridized carbons (Fsp3) is 0.889. The van der Waals surface area contributed by atoms with Gasteiger partial charge in [0.25, 0.3) is 0 Å². The van der Waals surface area contributed by atoms with Crippen molar-refractivity contribution in [3.8, 4) is 0 Å². The number of nitrogens with one attached hydrogen (secondary N) is 2. The molecule has 0 saturated carbocycles. The third kappa shape index (κ3) is 4.61. The summed E-state index contributed by atoms with van der Waals surface area (Å²) in [6, 6.07) is 0.255. The van der Waals surface area contributed by atoms with Crippen LogP contribution in [0.1, 0.15) is 6.92 Å². The third-order valence-electron chi connectivity index (χ3n) is 2.30. The molecule has 0 aromatic rings. The Morgan fingerprint density at radius 2 is 2.40 bits per heavy atom. The van der Waals surface area contributed by atoms with Gasteiger partial charge in [0.1, 0.15) is 0 Å².